The first-order valence-electron chi connectivity index (χ1n) is 10.6. The summed E-state index contributed by atoms with van der Waals surface area (Å²) in [6.45, 7) is 5.17. The summed E-state index contributed by atoms with van der Waals surface area (Å²) in [6, 6.07) is 18.3. The highest BCUT2D eigenvalue weighted by molar-refractivity contribution is 5.69. The van der Waals surface area contributed by atoms with Gasteiger partial charge in [-0.1, -0.05) is 79.7 Å². The highest BCUT2D eigenvalue weighted by Gasteiger charge is 2.34. The van der Waals surface area contributed by atoms with E-state index in [9.17, 15) is 9.59 Å². The molecule has 0 saturated heterocycles. The zero-order valence-electron chi connectivity index (χ0n) is 18.8. The molecule has 0 radical (unpaired) electrons. The van der Waals surface area contributed by atoms with E-state index in [4.69, 9.17) is 14.0 Å². The molecule has 1 amide bonds. The molecule has 0 aliphatic carbocycles. The maximum Gasteiger partial charge on any atom is 0.407 e. The van der Waals surface area contributed by atoms with Crippen molar-refractivity contribution >= 4 is 24.2 Å². The number of ether oxygens (including phenoxy) is 2. The van der Waals surface area contributed by atoms with Gasteiger partial charge in [0.1, 0.15) is 6.61 Å². The van der Waals surface area contributed by atoms with E-state index >= 15 is 0 Å². The molecule has 172 valence electrons. The third-order valence-corrected chi connectivity index (χ3v) is 4.76. The normalized spacial score (nSPS) is 13.0. The van der Waals surface area contributed by atoms with Gasteiger partial charge in [0.15, 0.2) is 6.10 Å². The molecular formula is C25H27N3O5. The maximum atomic E-state index is 12.5. The van der Waals surface area contributed by atoms with E-state index in [0.717, 1.165) is 11.1 Å². The minimum absolute atomic E-state index is 0.117. The van der Waals surface area contributed by atoms with E-state index < -0.39 is 24.2 Å². The SMILES string of the molecule is CC(=O)OC(c1noc(C=Cc2ccccc2)n1)[C@@H](NC(=O)OCc1ccccc1)C(C)C. The van der Waals surface area contributed by atoms with Crippen LogP contribution in [0.15, 0.2) is 65.2 Å². The van der Waals surface area contributed by atoms with Crippen molar-refractivity contribution in [3.05, 3.63) is 83.5 Å². The van der Waals surface area contributed by atoms with Gasteiger partial charge < -0.3 is 19.3 Å². The molecular weight excluding hydrogens is 422 g/mol. The molecule has 2 aromatic carbocycles. The zero-order chi connectivity index (χ0) is 23.6. The van der Waals surface area contributed by atoms with Crippen LogP contribution in [0.5, 0.6) is 0 Å². The van der Waals surface area contributed by atoms with Crippen molar-refractivity contribution in [1.82, 2.24) is 15.5 Å². The summed E-state index contributed by atoms with van der Waals surface area (Å²) >= 11 is 0. The molecule has 1 heterocycles. The quantitative estimate of drug-likeness (QED) is 0.468. The van der Waals surface area contributed by atoms with Gasteiger partial charge in [-0.15, -0.1) is 0 Å². The summed E-state index contributed by atoms with van der Waals surface area (Å²) in [5.74, 6) is -0.253. The summed E-state index contributed by atoms with van der Waals surface area (Å²) in [4.78, 5) is 28.6. The van der Waals surface area contributed by atoms with Crippen molar-refractivity contribution in [3.63, 3.8) is 0 Å². The second-order valence-electron chi connectivity index (χ2n) is 7.74. The number of esters is 1. The van der Waals surface area contributed by atoms with Crippen molar-refractivity contribution < 1.29 is 23.6 Å². The summed E-state index contributed by atoms with van der Waals surface area (Å²) in [5.41, 5.74) is 1.83. The molecule has 1 unspecified atom stereocenters. The molecule has 0 saturated carbocycles. The fourth-order valence-corrected chi connectivity index (χ4v) is 3.12. The monoisotopic (exact) mass is 449 g/mol. The third kappa shape index (κ3) is 7.31. The smallest absolute Gasteiger partial charge is 0.407 e. The lowest BCUT2D eigenvalue weighted by Crippen LogP contribution is -2.44. The van der Waals surface area contributed by atoms with E-state index in [0.29, 0.717) is 0 Å². The summed E-state index contributed by atoms with van der Waals surface area (Å²) in [7, 11) is 0. The predicted molar refractivity (Wildman–Crippen MR) is 123 cm³/mol. The Hall–Kier alpha value is -3.94. The molecule has 1 N–H and O–H groups in total. The second kappa shape index (κ2) is 11.6. The second-order valence-corrected chi connectivity index (χ2v) is 7.74. The van der Waals surface area contributed by atoms with E-state index in [1.165, 1.54) is 6.92 Å². The van der Waals surface area contributed by atoms with Crippen LogP contribution in [0.25, 0.3) is 12.2 Å². The fraction of sp³-hybridized carbons (Fsp3) is 0.280. The number of hydrogen-bond donors (Lipinski definition) is 1. The van der Waals surface area contributed by atoms with Gasteiger partial charge in [-0.2, -0.15) is 4.98 Å². The molecule has 3 rings (SSSR count). The number of alkyl carbamates (subject to hydrolysis) is 1. The Kier molecular flexibility index (Phi) is 8.35. The Morgan fingerprint density at radius 3 is 2.33 bits per heavy atom. The Morgan fingerprint density at radius 1 is 1.03 bits per heavy atom. The molecule has 0 fully saturated rings. The van der Waals surface area contributed by atoms with Crippen LogP contribution >= 0.6 is 0 Å². The zero-order valence-corrected chi connectivity index (χ0v) is 18.8. The first-order chi connectivity index (χ1) is 15.9. The third-order valence-electron chi connectivity index (χ3n) is 4.76. The number of nitrogens with zero attached hydrogens (tertiary/aromatic N) is 2. The van der Waals surface area contributed by atoms with Gasteiger partial charge >= 0.3 is 12.1 Å². The number of rotatable bonds is 9. The lowest BCUT2D eigenvalue weighted by atomic mass is 9.98. The van der Waals surface area contributed by atoms with Gasteiger partial charge in [0.2, 0.25) is 5.82 Å². The molecule has 0 spiro atoms. The van der Waals surface area contributed by atoms with Crippen LogP contribution < -0.4 is 5.32 Å². The maximum absolute atomic E-state index is 12.5. The lowest BCUT2D eigenvalue weighted by Gasteiger charge is -2.28. The molecule has 0 aliphatic heterocycles. The Bertz CT molecular complexity index is 1060. The molecule has 8 nitrogen and oxygen atoms in total. The van der Waals surface area contributed by atoms with Gasteiger partial charge in [-0.05, 0) is 23.1 Å². The van der Waals surface area contributed by atoms with Gasteiger partial charge in [0.05, 0.1) is 6.04 Å². The molecule has 0 bridgehead atoms. The molecule has 1 aromatic heterocycles. The molecule has 3 aromatic rings. The number of hydrogen-bond acceptors (Lipinski definition) is 7. The van der Waals surface area contributed by atoms with Gasteiger partial charge in [0, 0.05) is 13.0 Å². The Labute approximate surface area is 192 Å². The number of carbonyl (C=O) groups excluding carboxylic acids is 2. The highest BCUT2D eigenvalue weighted by atomic mass is 16.6. The van der Waals surface area contributed by atoms with Crippen molar-refractivity contribution in [2.45, 2.75) is 39.5 Å². The standard InChI is InChI=1S/C25H27N3O5/c1-17(2)22(27-25(30)31-16-20-12-8-5-9-13-20)23(32-18(3)29)24-26-21(33-28-24)15-14-19-10-6-4-7-11-19/h4-15,17,22-23H,16H2,1-3H3,(H,27,30)/t22-,23?/m0/s1. The summed E-state index contributed by atoms with van der Waals surface area (Å²) in [5, 5.41) is 6.76. The Morgan fingerprint density at radius 2 is 1.70 bits per heavy atom. The van der Waals surface area contributed by atoms with Crippen LogP contribution in [-0.4, -0.2) is 28.2 Å². The van der Waals surface area contributed by atoms with Crippen LogP contribution in [0.2, 0.25) is 0 Å². The van der Waals surface area contributed by atoms with E-state index in [1.807, 2.05) is 80.6 Å². The average molecular weight is 450 g/mol. The van der Waals surface area contributed by atoms with Gasteiger partial charge in [0.25, 0.3) is 5.89 Å². The van der Waals surface area contributed by atoms with Crippen LogP contribution in [0.4, 0.5) is 4.79 Å². The van der Waals surface area contributed by atoms with Crippen LogP contribution in [0.1, 0.15) is 49.7 Å². The highest BCUT2D eigenvalue weighted by Crippen LogP contribution is 2.25. The van der Waals surface area contributed by atoms with Gasteiger partial charge in [-0.3, -0.25) is 4.79 Å². The van der Waals surface area contributed by atoms with Crippen LogP contribution in [-0.2, 0) is 20.9 Å². The fourth-order valence-electron chi connectivity index (χ4n) is 3.12. The average Bonchev–Trinajstić information content (AvgIpc) is 3.28. The van der Waals surface area contributed by atoms with Crippen molar-refractivity contribution in [2.24, 2.45) is 5.92 Å². The van der Waals surface area contributed by atoms with E-state index in [-0.39, 0.29) is 24.2 Å². The number of aromatic nitrogens is 2. The van der Waals surface area contributed by atoms with Crippen molar-refractivity contribution in [1.29, 1.82) is 0 Å². The molecule has 2 atom stereocenters. The topological polar surface area (TPSA) is 104 Å². The summed E-state index contributed by atoms with van der Waals surface area (Å²) < 4.78 is 16.1. The minimum Gasteiger partial charge on any atom is -0.452 e. The first kappa shape index (κ1) is 23.7. The predicted octanol–water partition coefficient (Wildman–Crippen LogP) is 4.80. The van der Waals surface area contributed by atoms with Gasteiger partial charge in [-0.25, -0.2) is 4.79 Å². The van der Waals surface area contributed by atoms with Crippen LogP contribution in [0, 0.1) is 5.92 Å². The number of carbonyl (C=O) groups is 2. The number of benzene rings is 2. The van der Waals surface area contributed by atoms with Crippen LogP contribution in [0.3, 0.4) is 0 Å². The van der Waals surface area contributed by atoms with Crippen molar-refractivity contribution in [3.8, 4) is 0 Å². The first-order valence-corrected chi connectivity index (χ1v) is 10.6. The number of nitrogens with one attached hydrogen (secondary N) is 1. The lowest BCUT2D eigenvalue weighted by molar-refractivity contribution is -0.149. The number of amides is 1. The van der Waals surface area contributed by atoms with E-state index in [2.05, 4.69) is 15.5 Å². The minimum atomic E-state index is -0.950. The summed E-state index contributed by atoms with van der Waals surface area (Å²) in [6.07, 6.45) is 1.91. The molecule has 33 heavy (non-hydrogen) atoms. The Balaban J connectivity index is 1.73. The largest absolute Gasteiger partial charge is 0.452 e. The van der Waals surface area contributed by atoms with E-state index in [1.54, 1.807) is 6.08 Å². The van der Waals surface area contributed by atoms with Crippen molar-refractivity contribution in [2.75, 3.05) is 0 Å². The molecule has 0 aliphatic rings. The molecule has 8 heteroatoms.